The van der Waals surface area contributed by atoms with Gasteiger partial charge < -0.3 is 10.1 Å². The van der Waals surface area contributed by atoms with Crippen LogP contribution in [0.25, 0.3) is 21.8 Å². The molecule has 3 aromatic rings. The van der Waals surface area contributed by atoms with Gasteiger partial charge in [-0.1, -0.05) is 13.8 Å². The number of hydrogen-bond donors (Lipinski definition) is 2. The number of nitrogens with zero attached hydrogens (tertiary/aromatic N) is 1. The molecule has 2 N–H and O–H groups in total. The highest BCUT2D eigenvalue weighted by Crippen LogP contribution is 2.31. The molecule has 3 heteroatoms. The van der Waals surface area contributed by atoms with Gasteiger partial charge in [-0.05, 0) is 30.2 Å². The first kappa shape index (κ1) is 10.1. The first-order valence-corrected chi connectivity index (χ1v) is 5.76. The van der Waals surface area contributed by atoms with Gasteiger partial charge in [-0.2, -0.15) is 0 Å². The molecule has 0 saturated heterocycles. The minimum Gasteiger partial charge on any atom is -0.508 e. The Morgan fingerprint density at radius 2 is 2.00 bits per heavy atom. The predicted octanol–water partition coefficient (Wildman–Crippen LogP) is 3.55. The van der Waals surface area contributed by atoms with Gasteiger partial charge >= 0.3 is 0 Å². The van der Waals surface area contributed by atoms with Gasteiger partial charge in [0.1, 0.15) is 5.75 Å². The fourth-order valence-electron chi connectivity index (χ4n) is 2.27. The highest BCUT2D eigenvalue weighted by atomic mass is 16.3. The third-order valence-corrected chi connectivity index (χ3v) is 3.08. The zero-order chi connectivity index (χ0) is 12.0. The molecule has 1 aromatic carbocycles. The summed E-state index contributed by atoms with van der Waals surface area (Å²) in [5.41, 5.74) is 3.17. The normalized spacial score (nSPS) is 11.7. The van der Waals surface area contributed by atoms with Gasteiger partial charge in [0.2, 0.25) is 0 Å². The average Bonchev–Trinajstić information content (AvgIpc) is 2.66. The van der Waals surface area contributed by atoms with Crippen molar-refractivity contribution in [1.29, 1.82) is 0 Å². The fraction of sp³-hybridized carbons (Fsp3) is 0.214. The zero-order valence-corrected chi connectivity index (χ0v) is 9.86. The van der Waals surface area contributed by atoms with Crippen LogP contribution < -0.4 is 0 Å². The van der Waals surface area contributed by atoms with E-state index in [0.29, 0.717) is 11.7 Å². The molecule has 0 amide bonds. The van der Waals surface area contributed by atoms with E-state index in [9.17, 15) is 5.11 Å². The van der Waals surface area contributed by atoms with Crippen LogP contribution in [0.5, 0.6) is 5.75 Å². The topological polar surface area (TPSA) is 48.9 Å². The predicted molar refractivity (Wildman–Crippen MR) is 69.4 cm³/mol. The summed E-state index contributed by atoms with van der Waals surface area (Å²) in [6.07, 6.45) is 1.83. The summed E-state index contributed by atoms with van der Waals surface area (Å²) in [6.45, 7) is 4.26. The summed E-state index contributed by atoms with van der Waals surface area (Å²) >= 11 is 0. The van der Waals surface area contributed by atoms with Crippen LogP contribution in [-0.2, 0) is 0 Å². The SMILES string of the molecule is CC(C)c1nccc2c1[nH]c1ccc(O)cc12. The van der Waals surface area contributed by atoms with E-state index < -0.39 is 0 Å². The lowest BCUT2D eigenvalue weighted by Gasteiger charge is -2.04. The number of nitrogens with one attached hydrogen (secondary N) is 1. The minimum absolute atomic E-state index is 0.293. The molecule has 0 radical (unpaired) electrons. The van der Waals surface area contributed by atoms with E-state index in [-0.39, 0.29) is 0 Å². The van der Waals surface area contributed by atoms with Crippen molar-refractivity contribution in [1.82, 2.24) is 9.97 Å². The maximum Gasteiger partial charge on any atom is 0.116 e. The first-order chi connectivity index (χ1) is 8.16. The van der Waals surface area contributed by atoms with Gasteiger partial charge in [0.25, 0.3) is 0 Å². The van der Waals surface area contributed by atoms with E-state index in [1.807, 2.05) is 18.3 Å². The molecule has 0 aliphatic rings. The highest BCUT2D eigenvalue weighted by Gasteiger charge is 2.11. The molecule has 0 spiro atoms. The number of H-pyrrole nitrogens is 1. The molecular formula is C14H14N2O. The summed E-state index contributed by atoms with van der Waals surface area (Å²) in [4.78, 5) is 7.81. The molecule has 2 heterocycles. The number of hydrogen-bond acceptors (Lipinski definition) is 2. The minimum atomic E-state index is 0.293. The number of fused-ring (bicyclic) bond motifs is 3. The molecule has 3 rings (SSSR count). The number of aromatic nitrogens is 2. The molecule has 86 valence electrons. The number of pyridine rings is 1. The molecule has 0 bridgehead atoms. The lowest BCUT2D eigenvalue weighted by molar-refractivity contribution is 0.476. The molecule has 0 fully saturated rings. The molecule has 17 heavy (non-hydrogen) atoms. The van der Waals surface area contributed by atoms with Crippen LogP contribution in [0.15, 0.2) is 30.5 Å². The van der Waals surface area contributed by atoms with Crippen molar-refractivity contribution in [3.63, 3.8) is 0 Å². The fourth-order valence-corrected chi connectivity index (χ4v) is 2.27. The monoisotopic (exact) mass is 226 g/mol. The van der Waals surface area contributed by atoms with E-state index in [0.717, 1.165) is 27.5 Å². The van der Waals surface area contributed by atoms with Crippen LogP contribution in [-0.4, -0.2) is 15.1 Å². The summed E-state index contributed by atoms with van der Waals surface area (Å²) in [5.74, 6) is 0.668. The van der Waals surface area contributed by atoms with Gasteiger partial charge in [0.15, 0.2) is 0 Å². The number of aromatic amines is 1. The second-order valence-corrected chi connectivity index (χ2v) is 4.63. The van der Waals surface area contributed by atoms with Gasteiger partial charge in [-0.15, -0.1) is 0 Å². The number of phenols is 1. The van der Waals surface area contributed by atoms with Crippen LogP contribution in [0.3, 0.4) is 0 Å². The third-order valence-electron chi connectivity index (χ3n) is 3.08. The Morgan fingerprint density at radius 1 is 1.18 bits per heavy atom. The maximum absolute atomic E-state index is 9.56. The van der Waals surface area contributed by atoms with Crippen molar-refractivity contribution in [3.8, 4) is 5.75 Å². The van der Waals surface area contributed by atoms with Gasteiger partial charge in [-0.25, -0.2) is 0 Å². The van der Waals surface area contributed by atoms with Crippen molar-refractivity contribution in [2.24, 2.45) is 0 Å². The van der Waals surface area contributed by atoms with Gasteiger partial charge in [0.05, 0.1) is 11.2 Å². The molecule has 0 saturated carbocycles. The van der Waals surface area contributed by atoms with E-state index in [1.165, 1.54) is 0 Å². The lowest BCUT2D eigenvalue weighted by atomic mass is 10.1. The summed E-state index contributed by atoms with van der Waals surface area (Å²) in [7, 11) is 0. The van der Waals surface area contributed by atoms with Crippen molar-refractivity contribution < 1.29 is 5.11 Å². The van der Waals surface area contributed by atoms with Gasteiger partial charge in [0, 0.05) is 22.5 Å². The van der Waals surface area contributed by atoms with Gasteiger partial charge in [-0.3, -0.25) is 4.98 Å². The Kier molecular flexibility index (Phi) is 2.08. The zero-order valence-electron chi connectivity index (χ0n) is 9.86. The maximum atomic E-state index is 9.56. The molecular weight excluding hydrogens is 212 g/mol. The molecule has 0 aliphatic heterocycles. The summed E-state index contributed by atoms with van der Waals surface area (Å²) in [5, 5.41) is 11.7. The van der Waals surface area contributed by atoms with Crippen LogP contribution in [0.4, 0.5) is 0 Å². The first-order valence-electron chi connectivity index (χ1n) is 5.76. The second kappa shape index (κ2) is 3.48. The van der Waals surface area contributed by atoms with Crippen LogP contribution in [0.2, 0.25) is 0 Å². The van der Waals surface area contributed by atoms with Crippen molar-refractivity contribution in [2.75, 3.05) is 0 Å². The molecule has 2 aromatic heterocycles. The average molecular weight is 226 g/mol. The standard InChI is InChI=1S/C14H14N2O/c1-8(2)13-14-10(5-6-15-13)11-7-9(17)3-4-12(11)16-14/h3-8,16-17H,1-2H3. The molecule has 0 atom stereocenters. The number of phenolic OH excluding ortho intramolecular Hbond substituents is 1. The molecule has 0 unspecified atom stereocenters. The van der Waals surface area contributed by atoms with Crippen LogP contribution in [0.1, 0.15) is 25.5 Å². The summed E-state index contributed by atoms with van der Waals surface area (Å²) < 4.78 is 0. The third kappa shape index (κ3) is 1.46. The Labute approximate surface area is 99.1 Å². The largest absolute Gasteiger partial charge is 0.508 e. The Bertz CT molecular complexity index is 698. The Morgan fingerprint density at radius 3 is 2.76 bits per heavy atom. The highest BCUT2D eigenvalue weighted by molar-refractivity contribution is 6.08. The molecule has 0 aliphatic carbocycles. The summed E-state index contributed by atoms with van der Waals surface area (Å²) in [6, 6.07) is 7.37. The Balaban J connectivity index is 2.47. The lowest BCUT2D eigenvalue weighted by Crippen LogP contribution is -1.92. The van der Waals surface area contributed by atoms with Crippen molar-refractivity contribution in [3.05, 3.63) is 36.2 Å². The van der Waals surface area contributed by atoms with Crippen LogP contribution in [0, 0.1) is 0 Å². The van der Waals surface area contributed by atoms with Crippen molar-refractivity contribution >= 4 is 21.8 Å². The van der Waals surface area contributed by atoms with Crippen LogP contribution >= 0.6 is 0 Å². The van der Waals surface area contributed by atoms with E-state index in [1.54, 1.807) is 12.1 Å². The van der Waals surface area contributed by atoms with E-state index in [4.69, 9.17) is 0 Å². The second-order valence-electron chi connectivity index (χ2n) is 4.63. The number of aromatic hydroxyl groups is 1. The van der Waals surface area contributed by atoms with E-state index in [2.05, 4.69) is 23.8 Å². The number of rotatable bonds is 1. The van der Waals surface area contributed by atoms with Crippen molar-refractivity contribution in [2.45, 2.75) is 19.8 Å². The van der Waals surface area contributed by atoms with E-state index >= 15 is 0 Å². The molecule has 3 nitrogen and oxygen atoms in total. The number of benzene rings is 1. The smallest absolute Gasteiger partial charge is 0.116 e. The Hall–Kier alpha value is -2.03. The quantitative estimate of drug-likeness (QED) is 0.666.